The maximum absolute atomic E-state index is 12.6. The smallest absolute Gasteiger partial charge is 0.251 e. The highest BCUT2D eigenvalue weighted by Gasteiger charge is 2.28. The first-order valence-electron chi connectivity index (χ1n) is 11.2. The van der Waals surface area contributed by atoms with Gasteiger partial charge in [0.15, 0.2) is 0 Å². The van der Waals surface area contributed by atoms with Gasteiger partial charge in [-0.05, 0) is 35.9 Å². The average Bonchev–Trinajstić information content (AvgIpc) is 3.12. The monoisotopic (exact) mass is 434 g/mol. The summed E-state index contributed by atoms with van der Waals surface area (Å²) >= 11 is 0. The molecule has 2 saturated heterocycles. The molecule has 0 unspecified atom stereocenters. The molecular formula is C25H30N4O3. The minimum atomic E-state index is -0.144. The number of amides is 3. The fourth-order valence-electron chi connectivity index (χ4n) is 4.13. The molecule has 3 amide bonds. The molecule has 2 aromatic carbocycles. The number of imide groups is 1. The van der Waals surface area contributed by atoms with Crippen LogP contribution >= 0.6 is 0 Å². The molecule has 2 aliphatic rings. The number of nitrogens with zero attached hydrogens (tertiary/aromatic N) is 3. The molecule has 0 spiro atoms. The van der Waals surface area contributed by atoms with Crippen LogP contribution in [0.1, 0.15) is 39.9 Å². The zero-order valence-corrected chi connectivity index (χ0v) is 18.5. The minimum Gasteiger partial charge on any atom is -0.348 e. The summed E-state index contributed by atoms with van der Waals surface area (Å²) in [5, 5.41) is 2.98. The molecule has 0 aliphatic carbocycles. The molecule has 0 aromatic heterocycles. The van der Waals surface area contributed by atoms with Gasteiger partial charge in [-0.3, -0.25) is 24.2 Å². The maximum atomic E-state index is 12.6. The van der Waals surface area contributed by atoms with Crippen molar-refractivity contribution in [1.82, 2.24) is 20.0 Å². The summed E-state index contributed by atoms with van der Waals surface area (Å²) in [7, 11) is 2.16. The first-order valence-corrected chi connectivity index (χ1v) is 11.2. The van der Waals surface area contributed by atoms with Crippen molar-refractivity contribution in [2.75, 3.05) is 33.2 Å². The number of hydrogen-bond donors (Lipinski definition) is 1. The van der Waals surface area contributed by atoms with Crippen molar-refractivity contribution in [3.63, 3.8) is 0 Å². The Morgan fingerprint density at radius 2 is 1.50 bits per heavy atom. The Balaban J connectivity index is 1.29. The largest absolute Gasteiger partial charge is 0.348 e. The quantitative estimate of drug-likeness (QED) is 0.675. The van der Waals surface area contributed by atoms with E-state index in [2.05, 4.69) is 34.3 Å². The van der Waals surface area contributed by atoms with Gasteiger partial charge in [-0.15, -0.1) is 0 Å². The molecule has 2 fully saturated rings. The summed E-state index contributed by atoms with van der Waals surface area (Å²) in [6.45, 7) is 6.01. The van der Waals surface area contributed by atoms with Crippen molar-refractivity contribution < 1.29 is 14.4 Å². The number of nitrogens with one attached hydrogen (secondary N) is 1. The van der Waals surface area contributed by atoms with E-state index in [1.807, 2.05) is 12.1 Å². The van der Waals surface area contributed by atoms with Crippen molar-refractivity contribution in [2.24, 2.45) is 0 Å². The van der Waals surface area contributed by atoms with Gasteiger partial charge in [0.05, 0.1) is 6.54 Å². The average molecular weight is 435 g/mol. The Morgan fingerprint density at radius 3 is 2.19 bits per heavy atom. The van der Waals surface area contributed by atoms with E-state index >= 15 is 0 Å². The molecule has 32 heavy (non-hydrogen) atoms. The second-order valence-electron chi connectivity index (χ2n) is 8.65. The molecule has 2 heterocycles. The highest BCUT2D eigenvalue weighted by Crippen LogP contribution is 2.16. The standard InChI is InChI=1S/C25H30N4O3/c1-27-11-13-28(14-12-27)17-21-4-2-3-20(15-21)16-26-25(32)22-7-5-19(6-8-22)18-29-23(30)9-10-24(29)31/h2-8,15H,9-14,16-18H2,1H3,(H,26,32). The number of hydrogen-bond acceptors (Lipinski definition) is 5. The van der Waals surface area contributed by atoms with Crippen LogP contribution in [0.25, 0.3) is 0 Å². The van der Waals surface area contributed by atoms with E-state index in [-0.39, 0.29) is 37.1 Å². The number of rotatable bonds is 7. The summed E-state index contributed by atoms with van der Waals surface area (Å²) < 4.78 is 0. The van der Waals surface area contributed by atoms with E-state index in [4.69, 9.17) is 0 Å². The Hall–Kier alpha value is -3.03. The van der Waals surface area contributed by atoms with Gasteiger partial charge in [0.25, 0.3) is 5.91 Å². The van der Waals surface area contributed by atoms with Crippen molar-refractivity contribution in [3.8, 4) is 0 Å². The van der Waals surface area contributed by atoms with Crippen LogP contribution in [0.2, 0.25) is 0 Å². The number of carbonyl (C=O) groups is 3. The molecule has 2 aromatic rings. The van der Waals surface area contributed by atoms with E-state index in [1.54, 1.807) is 24.3 Å². The zero-order chi connectivity index (χ0) is 22.5. The van der Waals surface area contributed by atoms with Crippen LogP contribution in [0.4, 0.5) is 0 Å². The van der Waals surface area contributed by atoms with Crippen LogP contribution in [0, 0.1) is 0 Å². The highest BCUT2D eigenvalue weighted by molar-refractivity contribution is 6.01. The van der Waals surface area contributed by atoms with Crippen LogP contribution < -0.4 is 5.32 Å². The predicted octanol–water partition coefficient (Wildman–Crippen LogP) is 2.01. The van der Waals surface area contributed by atoms with Crippen LogP contribution in [-0.4, -0.2) is 65.6 Å². The van der Waals surface area contributed by atoms with Crippen molar-refractivity contribution in [1.29, 1.82) is 0 Å². The molecule has 168 valence electrons. The molecule has 0 bridgehead atoms. The molecule has 0 atom stereocenters. The summed E-state index contributed by atoms with van der Waals surface area (Å²) in [6, 6.07) is 15.4. The number of piperazine rings is 1. The third-order valence-electron chi connectivity index (χ3n) is 6.16. The van der Waals surface area contributed by atoms with E-state index in [0.29, 0.717) is 12.1 Å². The second kappa shape index (κ2) is 10.1. The van der Waals surface area contributed by atoms with E-state index in [1.165, 1.54) is 10.5 Å². The third kappa shape index (κ3) is 5.60. The Bertz CT molecular complexity index is 965. The van der Waals surface area contributed by atoms with Gasteiger partial charge in [-0.2, -0.15) is 0 Å². The summed E-state index contributed by atoms with van der Waals surface area (Å²) in [5.41, 5.74) is 3.73. The molecule has 0 radical (unpaired) electrons. The first-order chi connectivity index (χ1) is 15.5. The highest BCUT2D eigenvalue weighted by atomic mass is 16.2. The molecule has 7 nitrogen and oxygen atoms in total. The fraction of sp³-hybridized carbons (Fsp3) is 0.400. The molecule has 4 rings (SSSR count). The fourth-order valence-corrected chi connectivity index (χ4v) is 4.13. The van der Waals surface area contributed by atoms with Gasteiger partial charge in [-0.1, -0.05) is 36.4 Å². The number of likely N-dealkylation sites (tertiary alicyclic amines) is 1. The van der Waals surface area contributed by atoms with Gasteiger partial charge in [0.2, 0.25) is 11.8 Å². The lowest BCUT2D eigenvalue weighted by molar-refractivity contribution is -0.139. The zero-order valence-electron chi connectivity index (χ0n) is 18.5. The van der Waals surface area contributed by atoms with Crippen LogP contribution in [-0.2, 0) is 29.2 Å². The van der Waals surface area contributed by atoms with Gasteiger partial charge in [0, 0.05) is 57.7 Å². The number of likely N-dealkylation sites (N-methyl/N-ethyl adjacent to an activating group) is 1. The van der Waals surface area contributed by atoms with Crippen molar-refractivity contribution >= 4 is 17.7 Å². The SMILES string of the molecule is CN1CCN(Cc2cccc(CNC(=O)c3ccc(CN4C(=O)CCC4=O)cc3)c2)CC1. The number of carbonyl (C=O) groups excluding carboxylic acids is 3. The maximum Gasteiger partial charge on any atom is 0.251 e. The van der Waals surface area contributed by atoms with Gasteiger partial charge < -0.3 is 10.2 Å². The third-order valence-corrected chi connectivity index (χ3v) is 6.16. The molecule has 0 saturated carbocycles. The Kier molecular flexibility index (Phi) is 6.97. The van der Waals surface area contributed by atoms with E-state index in [9.17, 15) is 14.4 Å². The Labute approximate surface area is 189 Å². The minimum absolute atomic E-state index is 0.133. The number of benzene rings is 2. The lowest BCUT2D eigenvalue weighted by atomic mass is 10.1. The predicted molar refractivity (Wildman–Crippen MR) is 122 cm³/mol. The summed E-state index contributed by atoms with van der Waals surface area (Å²) in [4.78, 5) is 42.2. The molecule has 7 heteroatoms. The van der Waals surface area contributed by atoms with Gasteiger partial charge in [-0.25, -0.2) is 0 Å². The lowest BCUT2D eigenvalue weighted by Gasteiger charge is -2.32. The molecule has 2 aliphatic heterocycles. The normalized spacial score (nSPS) is 17.7. The summed E-state index contributed by atoms with van der Waals surface area (Å²) in [5.74, 6) is -0.410. The van der Waals surface area contributed by atoms with Gasteiger partial charge in [0.1, 0.15) is 0 Å². The second-order valence-corrected chi connectivity index (χ2v) is 8.65. The Morgan fingerprint density at radius 1 is 0.844 bits per heavy atom. The van der Waals surface area contributed by atoms with Crippen molar-refractivity contribution in [2.45, 2.75) is 32.5 Å². The molecular weight excluding hydrogens is 404 g/mol. The topological polar surface area (TPSA) is 73.0 Å². The van der Waals surface area contributed by atoms with E-state index in [0.717, 1.165) is 43.9 Å². The van der Waals surface area contributed by atoms with Gasteiger partial charge >= 0.3 is 0 Å². The van der Waals surface area contributed by atoms with E-state index < -0.39 is 0 Å². The van der Waals surface area contributed by atoms with Crippen molar-refractivity contribution in [3.05, 3.63) is 70.8 Å². The first kappa shape index (κ1) is 22.2. The van der Waals surface area contributed by atoms with Crippen LogP contribution in [0.5, 0.6) is 0 Å². The van der Waals surface area contributed by atoms with Crippen LogP contribution in [0.15, 0.2) is 48.5 Å². The lowest BCUT2D eigenvalue weighted by Crippen LogP contribution is -2.43. The van der Waals surface area contributed by atoms with Crippen LogP contribution in [0.3, 0.4) is 0 Å². The molecule has 1 N–H and O–H groups in total. The summed E-state index contributed by atoms with van der Waals surface area (Å²) in [6.07, 6.45) is 0.575.